The number of ether oxygens (including phenoxy) is 1. The molecule has 5 rings (SSSR count). The first-order valence-electron chi connectivity index (χ1n) is 14.3. The fourth-order valence-electron chi connectivity index (χ4n) is 4.52. The standard InChI is InChI=1S/C34H33N7O4/c1-23-12-14-24(15-13-23)22-41(21-20-30(42)43)33-38-31(35-27-18-16-26(17-19-27)25-8-4-3-5-9-25)37-32(39-33)40-34(44)36-28-10-6-7-11-29(28)45-2/h3-19H,20-22H2,1-2H3,(H,42,43)(H3,35,36,37,38,39,40,44). The number of nitrogens with one attached hydrogen (secondary N) is 3. The van der Waals surface area contributed by atoms with Gasteiger partial charge in [0.1, 0.15) is 5.75 Å². The summed E-state index contributed by atoms with van der Waals surface area (Å²) in [6.07, 6.45) is -0.141. The van der Waals surface area contributed by atoms with Gasteiger partial charge in [-0.25, -0.2) is 4.79 Å². The summed E-state index contributed by atoms with van der Waals surface area (Å²) in [5.74, 6) is -0.125. The third-order valence-electron chi connectivity index (χ3n) is 6.82. The Bertz CT molecular complexity index is 1750. The number of urea groups is 1. The number of aromatic nitrogens is 3. The first-order valence-corrected chi connectivity index (χ1v) is 14.3. The number of carbonyl (C=O) groups excluding carboxylic acids is 1. The molecule has 0 aliphatic heterocycles. The highest BCUT2D eigenvalue weighted by atomic mass is 16.5. The number of carboxylic acid groups (broad SMARTS) is 1. The summed E-state index contributed by atoms with van der Waals surface area (Å²) in [7, 11) is 1.51. The Hall–Kier alpha value is -5.97. The minimum atomic E-state index is -0.954. The van der Waals surface area contributed by atoms with Crippen molar-refractivity contribution in [3.63, 3.8) is 0 Å². The number of methoxy groups -OCH3 is 1. The Morgan fingerprint density at radius 2 is 1.44 bits per heavy atom. The van der Waals surface area contributed by atoms with Crippen molar-refractivity contribution in [1.82, 2.24) is 15.0 Å². The first-order chi connectivity index (χ1) is 21.9. The largest absolute Gasteiger partial charge is 0.495 e. The predicted octanol–water partition coefficient (Wildman–Crippen LogP) is 6.72. The summed E-state index contributed by atoms with van der Waals surface area (Å²) in [5.41, 5.74) is 5.36. The van der Waals surface area contributed by atoms with E-state index in [1.165, 1.54) is 7.11 Å². The second-order valence-electron chi connectivity index (χ2n) is 10.2. The number of aryl methyl sites for hydroxylation is 1. The van der Waals surface area contributed by atoms with Gasteiger partial charge in [0.25, 0.3) is 0 Å². The smallest absolute Gasteiger partial charge is 0.326 e. The van der Waals surface area contributed by atoms with Gasteiger partial charge in [0, 0.05) is 18.8 Å². The van der Waals surface area contributed by atoms with E-state index in [1.54, 1.807) is 29.2 Å². The Morgan fingerprint density at radius 3 is 2.16 bits per heavy atom. The summed E-state index contributed by atoms with van der Waals surface area (Å²) in [5, 5.41) is 18.1. The van der Waals surface area contributed by atoms with Gasteiger partial charge in [0.15, 0.2) is 0 Å². The summed E-state index contributed by atoms with van der Waals surface area (Å²) in [6.45, 7) is 2.47. The highest BCUT2D eigenvalue weighted by Gasteiger charge is 2.18. The maximum absolute atomic E-state index is 13.0. The van der Waals surface area contributed by atoms with E-state index in [1.807, 2.05) is 85.8 Å². The average molecular weight is 604 g/mol. The van der Waals surface area contributed by atoms with Crippen LogP contribution in [0.25, 0.3) is 11.1 Å². The van der Waals surface area contributed by atoms with Crippen LogP contribution >= 0.6 is 0 Å². The van der Waals surface area contributed by atoms with Crippen molar-refractivity contribution < 1.29 is 19.4 Å². The molecule has 45 heavy (non-hydrogen) atoms. The Kier molecular flexibility index (Phi) is 9.80. The van der Waals surface area contributed by atoms with Crippen LogP contribution in [-0.2, 0) is 11.3 Å². The van der Waals surface area contributed by atoms with Crippen LogP contribution in [0.5, 0.6) is 5.75 Å². The lowest BCUT2D eigenvalue weighted by atomic mass is 10.1. The quantitative estimate of drug-likeness (QED) is 0.122. The molecule has 0 radical (unpaired) electrons. The van der Waals surface area contributed by atoms with Crippen molar-refractivity contribution in [3.05, 3.63) is 114 Å². The minimum absolute atomic E-state index is 0.0277. The SMILES string of the molecule is COc1ccccc1NC(=O)Nc1nc(Nc2ccc(-c3ccccc3)cc2)nc(N(CCC(=O)O)Cc2ccc(C)cc2)n1. The summed E-state index contributed by atoms with van der Waals surface area (Å²) in [6, 6.07) is 32.1. The summed E-state index contributed by atoms with van der Waals surface area (Å²) < 4.78 is 5.33. The van der Waals surface area contributed by atoms with Crippen LogP contribution in [0.2, 0.25) is 0 Å². The third kappa shape index (κ3) is 8.54. The molecule has 4 aromatic carbocycles. The van der Waals surface area contributed by atoms with Gasteiger partial charge in [-0.3, -0.25) is 10.1 Å². The zero-order valence-corrected chi connectivity index (χ0v) is 24.9. The van der Waals surface area contributed by atoms with Gasteiger partial charge in [-0.1, -0.05) is 84.4 Å². The molecule has 2 amide bonds. The number of aliphatic carboxylic acids is 1. The van der Waals surface area contributed by atoms with Crippen LogP contribution in [-0.4, -0.2) is 45.7 Å². The topological polar surface area (TPSA) is 142 Å². The van der Waals surface area contributed by atoms with Crippen molar-refractivity contribution in [2.45, 2.75) is 19.9 Å². The van der Waals surface area contributed by atoms with E-state index >= 15 is 0 Å². The molecule has 1 heterocycles. The minimum Gasteiger partial charge on any atom is -0.495 e. The van der Waals surface area contributed by atoms with Crippen LogP contribution < -0.4 is 25.6 Å². The molecule has 5 aromatic rings. The number of benzene rings is 4. The summed E-state index contributed by atoms with van der Waals surface area (Å²) in [4.78, 5) is 39.9. The highest BCUT2D eigenvalue weighted by molar-refractivity contribution is 5.99. The molecule has 0 aliphatic rings. The normalized spacial score (nSPS) is 10.5. The van der Waals surface area contributed by atoms with E-state index in [0.29, 0.717) is 23.7 Å². The van der Waals surface area contributed by atoms with E-state index in [9.17, 15) is 14.7 Å². The van der Waals surface area contributed by atoms with E-state index in [-0.39, 0.29) is 30.8 Å². The maximum Gasteiger partial charge on any atom is 0.326 e. The van der Waals surface area contributed by atoms with Gasteiger partial charge < -0.3 is 25.4 Å². The Balaban J connectivity index is 1.45. The zero-order valence-electron chi connectivity index (χ0n) is 24.9. The van der Waals surface area contributed by atoms with Crippen molar-refractivity contribution in [1.29, 1.82) is 0 Å². The molecule has 0 saturated heterocycles. The van der Waals surface area contributed by atoms with Gasteiger partial charge in [-0.05, 0) is 47.9 Å². The molecule has 11 heteroatoms. The van der Waals surface area contributed by atoms with Crippen molar-refractivity contribution in [2.24, 2.45) is 0 Å². The Labute approximate surface area is 261 Å². The van der Waals surface area contributed by atoms with Crippen molar-refractivity contribution in [3.8, 4) is 16.9 Å². The molecule has 0 fully saturated rings. The molecular weight excluding hydrogens is 570 g/mol. The lowest BCUT2D eigenvalue weighted by Crippen LogP contribution is -2.29. The van der Waals surface area contributed by atoms with E-state index in [2.05, 4.69) is 30.9 Å². The van der Waals surface area contributed by atoms with Gasteiger partial charge >= 0.3 is 12.0 Å². The molecule has 1 aromatic heterocycles. The van der Waals surface area contributed by atoms with Crippen LogP contribution in [0, 0.1) is 6.92 Å². The fraction of sp³-hybridized carbons (Fsp3) is 0.147. The van der Waals surface area contributed by atoms with Crippen molar-refractivity contribution >= 4 is 41.2 Å². The van der Waals surface area contributed by atoms with Crippen molar-refractivity contribution in [2.75, 3.05) is 34.5 Å². The molecule has 0 atom stereocenters. The number of carbonyl (C=O) groups is 2. The maximum atomic E-state index is 13.0. The number of amides is 2. The third-order valence-corrected chi connectivity index (χ3v) is 6.82. The molecule has 0 unspecified atom stereocenters. The number of anilines is 5. The fourth-order valence-corrected chi connectivity index (χ4v) is 4.52. The molecular formula is C34H33N7O4. The molecule has 0 saturated carbocycles. The lowest BCUT2D eigenvalue weighted by molar-refractivity contribution is -0.136. The summed E-state index contributed by atoms with van der Waals surface area (Å²) >= 11 is 0. The number of carboxylic acids is 1. The van der Waals surface area contributed by atoms with Gasteiger partial charge in [0.2, 0.25) is 17.8 Å². The molecule has 0 bridgehead atoms. The van der Waals surface area contributed by atoms with Gasteiger partial charge in [-0.15, -0.1) is 0 Å². The number of rotatable bonds is 12. The number of hydrogen-bond acceptors (Lipinski definition) is 8. The Morgan fingerprint density at radius 1 is 0.778 bits per heavy atom. The van der Waals surface area contributed by atoms with E-state index < -0.39 is 12.0 Å². The van der Waals surface area contributed by atoms with E-state index in [4.69, 9.17) is 4.74 Å². The molecule has 0 spiro atoms. The molecule has 4 N–H and O–H groups in total. The second kappa shape index (κ2) is 14.5. The second-order valence-corrected chi connectivity index (χ2v) is 10.2. The zero-order chi connectivity index (χ0) is 31.6. The monoisotopic (exact) mass is 603 g/mol. The number of para-hydroxylation sites is 2. The number of hydrogen-bond donors (Lipinski definition) is 4. The molecule has 0 aliphatic carbocycles. The average Bonchev–Trinajstić information content (AvgIpc) is 3.04. The number of nitrogens with zero attached hydrogens (tertiary/aromatic N) is 4. The first kappa shape index (κ1) is 30.5. The lowest BCUT2D eigenvalue weighted by Gasteiger charge is -2.23. The van der Waals surface area contributed by atoms with Gasteiger partial charge in [-0.2, -0.15) is 15.0 Å². The van der Waals surface area contributed by atoms with Gasteiger partial charge in [0.05, 0.1) is 19.2 Å². The van der Waals surface area contributed by atoms with Crippen LogP contribution in [0.3, 0.4) is 0 Å². The van der Waals surface area contributed by atoms with E-state index in [0.717, 1.165) is 22.3 Å². The molecule has 228 valence electrons. The van der Waals surface area contributed by atoms with Crippen LogP contribution in [0.15, 0.2) is 103 Å². The van der Waals surface area contributed by atoms with Crippen LogP contribution in [0.4, 0.5) is 34.0 Å². The highest BCUT2D eigenvalue weighted by Crippen LogP contribution is 2.25. The van der Waals surface area contributed by atoms with Crippen LogP contribution in [0.1, 0.15) is 17.5 Å². The predicted molar refractivity (Wildman–Crippen MR) is 175 cm³/mol. The molecule has 11 nitrogen and oxygen atoms in total.